The van der Waals surface area contributed by atoms with Gasteiger partial charge in [-0.25, -0.2) is 0 Å². The molecule has 26 heavy (non-hydrogen) atoms. The van der Waals surface area contributed by atoms with Crippen LogP contribution in [-0.4, -0.2) is 20.0 Å². The van der Waals surface area contributed by atoms with E-state index < -0.39 is 0 Å². The van der Waals surface area contributed by atoms with Gasteiger partial charge >= 0.3 is 0 Å². The van der Waals surface area contributed by atoms with Crippen LogP contribution in [0.2, 0.25) is 0 Å². The zero-order chi connectivity index (χ0) is 17.5. The fourth-order valence-electron chi connectivity index (χ4n) is 3.05. The summed E-state index contributed by atoms with van der Waals surface area (Å²) in [5.74, 6) is 1.31. The molecule has 3 aromatic heterocycles. The molecule has 0 saturated carbocycles. The molecule has 0 spiro atoms. The zero-order valence-corrected chi connectivity index (χ0v) is 14.0. The van der Waals surface area contributed by atoms with Crippen LogP contribution in [0.3, 0.4) is 0 Å². The first kappa shape index (κ1) is 14.7. The summed E-state index contributed by atoms with van der Waals surface area (Å²) in [6.07, 6.45) is 1.73. The molecule has 0 bridgehead atoms. The van der Waals surface area contributed by atoms with Gasteiger partial charge in [-0.1, -0.05) is 48.5 Å². The van der Waals surface area contributed by atoms with Gasteiger partial charge in [0.1, 0.15) is 5.58 Å². The van der Waals surface area contributed by atoms with Crippen LogP contribution in [0.15, 0.2) is 75.7 Å². The molecule has 0 aliphatic carbocycles. The molecule has 126 valence electrons. The van der Waals surface area contributed by atoms with E-state index >= 15 is 0 Å². The molecule has 0 saturated heterocycles. The van der Waals surface area contributed by atoms with Crippen LogP contribution in [0.1, 0.15) is 0 Å². The van der Waals surface area contributed by atoms with Crippen LogP contribution in [0.25, 0.3) is 45.3 Å². The molecule has 0 unspecified atom stereocenters. The lowest BCUT2D eigenvalue weighted by atomic mass is 10.1. The van der Waals surface area contributed by atoms with Crippen LogP contribution in [0, 0.1) is 0 Å². The van der Waals surface area contributed by atoms with E-state index in [9.17, 15) is 0 Å². The number of furan rings is 1. The van der Waals surface area contributed by atoms with Crippen molar-refractivity contribution in [3.63, 3.8) is 0 Å². The van der Waals surface area contributed by atoms with E-state index in [2.05, 4.69) is 15.3 Å². The van der Waals surface area contributed by atoms with Gasteiger partial charge in [-0.05, 0) is 12.1 Å². The predicted molar refractivity (Wildman–Crippen MR) is 97.1 cm³/mol. The molecule has 0 radical (unpaired) electrons. The number of hydrogen-bond acceptors (Lipinski definition) is 5. The smallest absolute Gasteiger partial charge is 0.283 e. The summed E-state index contributed by atoms with van der Waals surface area (Å²) < 4.78 is 13.5. The largest absolute Gasteiger partial charge is 0.451 e. The minimum Gasteiger partial charge on any atom is -0.451 e. The highest BCUT2D eigenvalue weighted by Crippen LogP contribution is 2.33. The van der Waals surface area contributed by atoms with Crippen LogP contribution < -0.4 is 0 Å². The monoisotopic (exact) mass is 342 g/mol. The number of nitrogens with zero attached hydrogens (tertiary/aromatic N) is 4. The standard InChI is InChI=1S/C20H14N4O2/c1-24-18(13-7-3-2-4-8-13)15(12-21-24)19-22-23-20(26-19)17-11-14-9-5-6-10-16(14)25-17/h2-12H,1H3. The number of benzene rings is 2. The Hall–Kier alpha value is -3.67. The predicted octanol–water partition coefficient (Wildman–Crippen LogP) is 4.55. The van der Waals surface area contributed by atoms with Crippen LogP contribution in [-0.2, 0) is 7.05 Å². The number of rotatable bonds is 3. The van der Waals surface area contributed by atoms with Gasteiger partial charge in [0.25, 0.3) is 11.8 Å². The van der Waals surface area contributed by atoms with Crippen molar-refractivity contribution in [2.75, 3.05) is 0 Å². The van der Waals surface area contributed by atoms with Crippen molar-refractivity contribution in [3.05, 3.63) is 66.9 Å². The Balaban J connectivity index is 1.59. The van der Waals surface area contributed by atoms with Crippen molar-refractivity contribution in [1.29, 1.82) is 0 Å². The van der Waals surface area contributed by atoms with Gasteiger partial charge < -0.3 is 8.83 Å². The molecular weight excluding hydrogens is 328 g/mol. The highest BCUT2D eigenvalue weighted by atomic mass is 16.4. The van der Waals surface area contributed by atoms with Crippen LogP contribution in [0.5, 0.6) is 0 Å². The van der Waals surface area contributed by atoms with Gasteiger partial charge in [0.2, 0.25) is 0 Å². The maximum atomic E-state index is 5.89. The number of aryl methyl sites for hydroxylation is 1. The third-order valence-electron chi connectivity index (χ3n) is 4.28. The lowest BCUT2D eigenvalue weighted by Gasteiger charge is -2.03. The third-order valence-corrected chi connectivity index (χ3v) is 4.28. The average Bonchev–Trinajstić information content (AvgIpc) is 3.39. The van der Waals surface area contributed by atoms with Crippen molar-refractivity contribution in [1.82, 2.24) is 20.0 Å². The SMILES string of the molecule is Cn1ncc(-c2nnc(-c3cc4ccccc4o3)o2)c1-c1ccccc1. The number of para-hydroxylation sites is 1. The first-order valence-electron chi connectivity index (χ1n) is 8.20. The summed E-state index contributed by atoms with van der Waals surface area (Å²) in [6, 6.07) is 19.7. The van der Waals surface area contributed by atoms with Gasteiger partial charge in [-0.2, -0.15) is 5.10 Å². The zero-order valence-electron chi connectivity index (χ0n) is 14.0. The van der Waals surface area contributed by atoms with Crippen molar-refractivity contribution < 1.29 is 8.83 Å². The molecule has 0 aliphatic heterocycles. The summed E-state index contributed by atoms with van der Waals surface area (Å²) in [4.78, 5) is 0. The van der Waals surface area contributed by atoms with E-state index in [1.807, 2.05) is 67.7 Å². The minimum absolute atomic E-state index is 0.346. The molecule has 0 aliphatic rings. The van der Waals surface area contributed by atoms with E-state index in [4.69, 9.17) is 8.83 Å². The lowest BCUT2D eigenvalue weighted by molar-refractivity contribution is 0.542. The van der Waals surface area contributed by atoms with Crippen LogP contribution in [0.4, 0.5) is 0 Å². The van der Waals surface area contributed by atoms with E-state index in [0.717, 1.165) is 27.8 Å². The molecule has 0 amide bonds. The molecule has 0 fully saturated rings. The first-order valence-corrected chi connectivity index (χ1v) is 8.20. The van der Waals surface area contributed by atoms with Gasteiger partial charge in [-0.3, -0.25) is 4.68 Å². The van der Waals surface area contributed by atoms with Crippen molar-refractivity contribution in [2.45, 2.75) is 0 Å². The highest BCUT2D eigenvalue weighted by Gasteiger charge is 2.20. The average molecular weight is 342 g/mol. The summed E-state index contributed by atoms with van der Waals surface area (Å²) in [5.41, 5.74) is 3.53. The van der Waals surface area contributed by atoms with E-state index in [1.165, 1.54) is 0 Å². The van der Waals surface area contributed by atoms with Gasteiger partial charge in [0.15, 0.2) is 5.76 Å². The molecule has 6 heteroatoms. The number of aromatic nitrogens is 4. The maximum absolute atomic E-state index is 5.89. The fourth-order valence-corrected chi connectivity index (χ4v) is 3.05. The normalized spacial score (nSPS) is 11.3. The molecule has 3 heterocycles. The molecule has 5 aromatic rings. The fraction of sp³-hybridized carbons (Fsp3) is 0.0500. The van der Waals surface area contributed by atoms with Gasteiger partial charge in [0.05, 0.1) is 17.5 Å². The summed E-state index contributed by atoms with van der Waals surface area (Å²) in [6.45, 7) is 0. The van der Waals surface area contributed by atoms with Crippen molar-refractivity contribution in [2.24, 2.45) is 7.05 Å². The molecule has 5 rings (SSSR count). The number of hydrogen-bond donors (Lipinski definition) is 0. The first-order chi connectivity index (χ1) is 12.8. The minimum atomic E-state index is 0.346. The van der Waals surface area contributed by atoms with Crippen molar-refractivity contribution >= 4 is 11.0 Å². The number of fused-ring (bicyclic) bond motifs is 1. The summed E-state index contributed by atoms with van der Waals surface area (Å²) in [7, 11) is 1.89. The van der Waals surface area contributed by atoms with E-state index in [1.54, 1.807) is 10.9 Å². The maximum Gasteiger partial charge on any atom is 0.283 e. The Kier molecular flexibility index (Phi) is 3.21. The summed E-state index contributed by atoms with van der Waals surface area (Å²) in [5, 5.41) is 13.7. The second-order valence-corrected chi connectivity index (χ2v) is 5.96. The molecule has 2 aromatic carbocycles. The Morgan fingerprint density at radius 3 is 2.46 bits per heavy atom. The lowest BCUT2D eigenvalue weighted by Crippen LogP contribution is -1.94. The molecular formula is C20H14N4O2. The Labute approximate surface area is 148 Å². The van der Waals surface area contributed by atoms with Gasteiger partial charge in [0, 0.05) is 18.0 Å². The molecule has 0 atom stereocenters. The van der Waals surface area contributed by atoms with E-state index in [-0.39, 0.29) is 0 Å². The van der Waals surface area contributed by atoms with E-state index in [0.29, 0.717) is 17.5 Å². The Bertz CT molecular complexity index is 1170. The van der Waals surface area contributed by atoms with Crippen molar-refractivity contribution in [3.8, 4) is 34.4 Å². The van der Waals surface area contributed by atoms with Crippen LogP contribution >= 0.6 is 0 Å². The second-order valence-electron chi connectivity index (χ2n) is 5.96. The third kappa shape index (κ3) is 2.31. The quantitative estimate of drug-likeness (QED) is 0.481. The Morgan fingerprint density at radius 2 is 1.62 bits per heavy atom. The molecule has 0 N–H and O–H groups in total. The second kappa shape index (κ2) is 5.70. The highest BCUT2D eigenvalue weighted by molar-refractivity contribution is 5.81. The Morgan fingerprint density at radius 1 is 0.846 bits per heavy atom. The van der Waals surface area contributed by atoms with Gasteiger partial charge in [-0.15, -0.1) is 10.2 Å². The topological polar surface area (TPSA) is 69.9 Å². The summed E-state index contributed by atoms with van der Waals surface area (Å²) >= 11 is 0. The molecule has 6 nitrogen and oxygen atoms in total.